The predicted octanol–water partition coefficient (Wildman–Crippen LogP) is 4.26. The summed E-state index contributed by atoms with van der Waals surface area (Å²) < 4.78 is 5.36. The van der Waals surface area contributed by atoms with E-state index in [0.29, 0.717) is 6.04 Å². The van der Waals surface area contributed by atoms with Crippen molar-refractivity contribution < 1.29 is 4.74 Å². The maximum absolute atomic E-state index is 5.36. The number of ether oxygens (including phenoxy) is 1. The first-order valence-electron chi connectivity index (χ1n) is 6.29. The average molecular weight is 241 g/mol. The van der Waals surface area contributed by atoms with Crippen LogP contribution in [0.15, 0.2) is 54.6 Å². The Morgan fingerprint density at radius 2 is 1.67 bits per heavy atom. The van der Waals surface area contributed by atoms with Crippen LogP contribution < -0.4 is 10.1 Å². The third-order valence-electron chi connectivity index (χ3n) is 3.05. The molecule has 0 spiro atoms. The average Bonchev–Trinajstić information content (AvgIpc) is 2.46. The van der Waals surface area contributed by atoms with Crippen LogP contribution in [-0.4, -0.2) is 7.11 Å². The summed E-state index contributed by atoms with van der Waals surface area (Å²) in [6.45, 7) is 2.18. The zero-order chi connectivity index (χ0) is 12.8. The molecule has 1 atom stereocenters. The van der Waals surface area contributed by atoms with Gasteiger partial charge in [-0.2, -0.15) is 0 Å². The molecule has 2 aromatic carbocycles. The molecule has 0 aliphatic heterocycles. The Morgan fingerprint density at radius 3 is 2.33 bits per heavy atom. The fraction of sp³-hybridized carbons (Fsp3) is 0.250. The number of benzene rings is 2. The lowest BCUT2D eigenvalue weighted by Gasteiger charge is -2.20. The van der Waals surface area contributed by atoms with Crippen molar-refractivity contribution in [3.63, 3.8) is 0 Å². The summed E-state index contributed by atoms with van der Waals surface area (Å²) in [5.74, 6) is 0.881. The number of hydrogen-bond donors (Lipinski definition) is 1. The molecule has 18 heavy (non-hydrogen) atoms. The Balaban J connectivity index is 2.21. The van der Waals surface area contributed by atoms with Crippen LogP contribution in [0.1, 0.15) is 24.9 Å². The molecule has 94 valence electrons. The number of methoxy groups -OCH3 is 1. The lowest BCUT2D eigenvalue weighted by atomic mass is 10.0. The first-order chi connectivity index (χ1) is 8.85. The minimum Gasteiger partial charge on any atom is -0.495 e. The molecule has 0 bridgehead atoms. The number of hydrogen-bond acceptors (Lipinski definition) is 2. The molecule has 0 aliphatic rings. The summed E-state index contributed by atoms with van der Waals surface area (Å²) >= 11 is 0. The Labute approximate surface area is 109 Å². The van der Waals surface area contributed by atoms with E-state index in [0.717, 1.165) is 17.9 Å². The number of para-hydroxylation sites is 2. The molecule has 0 saturated heterocycles. The molecular formula is C16H19NO. The molecule has 0 aromatic heterocycles. The summed E-state index contributed by atoms with van der Waals surface area (Å²) in [4.78, 5) is 0. The van der Waals surface area contributed by atoms with Crippen LogP contribution in [0, 0.1) is 0 Å². The maximum Gasteiger partial charge on any atom is 0.141 e. The largest absolute Gasteiger partial charge is 0.495 e. The first-order valence-corrected chi connectivity index (χ1v) is 6.29. The smallest absolute Gasteiger partial charge is 0.141 e. The van der Waals surface area contributed by atoms with E-state index >= 15 is 0 Å². The molecule has 0 saturated carbocycles. The Hall–Kier alpha value is -1.96. The van der Waals surface area contributed by atoms with Crippen LogP contribution in [0.25, 0.3) is 0 Å². The highest BCUT2D eigenvalue weighted by Crippen LogP contribution is 2.29. The van der Waals surface area contributed by atoms with Gasteiger partial charge in [0, 0.05) is 0 Å². The van der Waals surface area contributed by atoms with Gasteiger partial charge in [-0.05, 0) is 24.1 Å². The van der Waals surface area contributed by atoms with Gasteiger partial charge in [0.2, 0.25) is 0 Å². The Kier molecular flexibility index (Phi) is 4.24. The molecule has 0 heterocycles. The molecule has 0 fully saturated rings. The highest BCUT2D eigenvalue weighted by atomic mass is 16.5. The van der Waals surface area contributed by atoms with E-state index in [9.17, 15) is 0 Å². The van der Waals surface area contributed by atoms with Gasteiger partial charge in [-0.1, -0.05) is 49.4 Å². The molecule has 2 aromatic rings. The van der Waals surface area contributed by atoms with Crippen molar-refractivity contribution >= 4 is 5.69 Å². The van der Waals surface area contributed by atoms with Crippen molar-refractivity contribution in [2.24, 2.45) is 0 Å². The van der Waals surface area contributed by atoms with Gasteiger partial charge in [-0.25, -0.2) is 0 Å². The van der Waals surface area contributed by atoms with Gasteiger partial charge in [0.15, 0.2) is 0 Å². The second-order valence-electron chi connectivity index (χ2n) is 4.22. The fourth-order valence-electron chi connectivity index (χ4n) is 2.06. The molecule has 0 aliphatic carbocycles. The lowest BCUT2D eigenvalue weighted by Crippen LogP contribution is -2.10. The monoisotopic (exact) mass is 241 g/mol. The lowest BCUT2D eigenvalue weighted by molar-refractivity contribution is 0.416. The fourth-order valence-corrected chi connectivity index (χ4v) is 2.06. The third-order valence-corrected chi connectivity index (χ3v) is 3.05. The van der Waals surface area contributed by atoms with Crippen molar-refractivity contribution in [1.82, 2.24) is 0 Å². The molecule has 1 unspecified atom stereocenters. The van der Waals surface area contributed by atoms with Gasteiger partial charge in [0.25, 0.3) is 0 Å². The third kappa shape index (κ3) is 2.83. The molecule has 0 amide bonds. The second kappa shape index (κ2) is 6.10. The number of rotatable bonds is 5. The standard InChI is InChI=1S/C16H19NO/c1-3-14(13-9-5-4-6-10-13)17-15-11-7-8-12-16(15)18-2/h4-12,14,17H,3H2,1-2H3. The zero-order valence-electron chi connectivity index (χ0n) is 10.9. The van der Waals surface area contributed by atoms with E-state index in [1.54, 1.807) is 7.11 Å². The van der Waals surface area contributed by atoms with Crippen LogP contribution >= 0.6 is 0 Å². The first kappa shape index (κ1) is 12.5. The van der Waals surface area contributed by atoms with E-state index in [1.165, 1.54) is 5.56 Å². The van der Waals surface area contributed by atoms with Crippen LogP contribution in [0.2, 0.25) is 0 Å². The topological polar surface area (TPSA) is 21.3 Å². The van der Waals surface area contributed by atoms with Gasteiger partial charge in [0.05, 0.1) is 18.8 Å². The zero-order valence-corrected chi connectivity index (χ0v) is 10.9. The predicted molar refractivity (Wildman–Crippen MR) is 76.1 cm³/mol. The minimum atomic E-state index is 0.308. The van der Waals surface area contributed by atoms with Gasteiger partial charge >= 0.3 is 0 Å². The normalized spacial score (nSPS) is 11.9. The number of nitrogens with one attached hydrogen (secondary N) is 1. The highest BCUT2D eigenvalue weighted by Gasteiger charge is 2.10. The van der Waals surface area contributed by atoms with E-state index in [4.69, 9.17) is 4.74 Å². The highest BCUT2D eigenvalue weighted by molar-refractivity contribution is 5.57. The van der Waals surface area contributed by atoms with Gasteiger partial charge < -0.3 is 10.1 Å². The van der Waals surface area contributed by atoms with Gasteiger partial charge in [-0.3, -0.25) is 0 Å². The van der Waals surface area contributed by atoms with Crippen LogP contribution in [0.4, 0.5) is 5.69 Å². The quantitative estimate of drug-likeness (QED) is 0.844. The maximum atomic E-state index is 5.36. The van der Waals surface area contributed by atoms with Crippen molar-refractivity contribution in [2.75, 3.05) is 12.4 Å². The molecule has 2 rings (SSSR count). The summed E-state index contributed by atoms with van der Waals surface area (Å²) in [7, 11) is 1.70. The van der Waals surface area contributed by atoms with E-state index in [2.05, 4.69) is 36.5 Å². The SMILES string of the molecule is CCC(Nc1ccccc1OC)c1ccccc1. The van der Waals surface area contributed by atoms with Crippen LogP contribution in [0.5, 0.6) is 5.75 Å². The Morgan fingerprint density at radius 1 is 1.00 bits per heavy atom. The van der Waals surface area contributed by atoms with Gasteiger partial charge in [-0.15, -0.1) is 0 Å². The van der Waals surface area contributed by atoms with Crippen LogP contribution in [0.3, 0.4) is 0 Å². The summed E-state index contributed by atoms with van der Waals surface area (Å²) in [6, 6.07) is 18.8. The second-order valence-corrected chi connectivity index (χ2v) is 4.22. The molecule has 0 radical (unpaired) electrons. The van der Waals surface area contributed by atoms with Crippen LogP contribution in [-0.2, 0) is 0 Å². The molecular weight excluding hydrogens is 222 g/mol. The number of anilines is 1. The Bertz CT molecular complexity index is 481. The minimum absolute atomic E-state index is 0.308. The van der Waals surface area contributed by atoms with Crippen molar-refractivity contribution in [3.05, 3.63) is 60.2 Å². The van der Waals surface area contributed by atoms with E-state index in [1.807, 2.05) is 30.3 Å². The van der Waals surface area contributed by atoms with Crippen molar-refractivity contribution in [1.29, 1.82) is 0 Å². The summed E-state index contributed by atoms with van der Waals surface area (Å²) in [5, 5.41) is 3.54. The molecule has 2 heteroatoms. The molecule has 1 N–H and O–H groups in total. The van der Waals surface area contributed by atoms with E-state index < -0.39 is 0 Å². The van der Waals surface area contributed by atoms with Crippen molar-refractivity contribution in [2.45, 2.75) is 19.4 Å². The summed E-state index contributed by atoms with van der Waals surface area (Å²) in [6.07, 6.45) is 1.03. The van der Waals surface area contributed by atoms with E-state index in [-0.39, 0.29) is 0 Å². The molecule has 2 nitrogen and oxygen atoms in total. The summed E-state index contributed by atoms with van der Waals surface area (Å²) in [5.41, 5.74) is 2.33. The van der Waals surface area contributed by atoms with Gasteiger partial charge in [0.1, 0.15) is 5.75 Å². The van der Waals surface area contributed by atoms with Crippen molar-refractivity contribution in [3.8, 4) is 5.75 Å².